The quantitative estimate of drug-likeness (QED) is 0.628. The van der Waals surface area contributed by atoms with E-state index < -0.39 is 0 Å². The molecule has 0 aliphatic carbocycles. The summed E-state index contributed by atoms with van der Waals surface area (Å²) in [5.74, 6) is 0.0260. The van der Waals surface area contributed by atoms with Crippen molar-refractivity contribution in [2.45, 2.75) is 27.7 Å². The van der Waals surface area contributed by atoms with Gasteiger partial charge in [0.05, 0.1) is 0 Å². The highest BCUT2D eigenvalue weighted by atomic mass is 16.2. The van der Waals surface area contributed by atoms with Gasteiger partial charge in [0.25, 0.3) is 0 Å². The van der Waals surface area contributed by atoms with E-state index in [4.69, 9.17) is 0 Å². The molecule has 1 amide bonds. The summed E-state index contributed by atoms with van der Waals surface area (Å²) in [6.45, 7) is 11.0. The van der Waals surface area contributed by atoms with Gasteiger partial charge in [0.2, 0.25) is 5.91 Å². The molecule has 0 aromatic rings. The molecule has 0 rings (SSSR count). The lowest BCUT2D eigenvalue weighted by Gasteiger charge is -2.17. The number of nitrogens with one attached hydrogen (secondary N) is 1. The highest BCUT2D eigenvalue weighted by Crippen LogP contribution is 2.13. The monoisotopic (exact) mass is 167 g/mol. The molecule has 2 nitrogen and oxygen atoms in total. The van der Waals surface area contributed by atoms with Crippen molar-refractivity contribution >= 4 is 5.91 Å². The third-order valence-electron chi connectivity index (χ3n) is 1.36. The summed E-state index contributed by atoms with van der Waals surface area (Å²) in [6.07, 6.45) is 3.42. The van der Waals surface area contributed by atoms with Crippen molar-refractivity contribution in [1.82, 2.24) is 5.32 Å². The number of hydrogen-bond donors (Lipinski definition) is 1. The molecule has 0 fully saturated rings. The zero-order valence-electron chi connectivity index (χ0n) is 8.27. The number of rotatable bonds is 2. The third-order valence-corrected chi connectivity index (χ3v) is 1.36. The normalized spacial score (nSPS) is 12.5. The van der Waals surface area contributed by atoms with Crippen molar-refractivity contribution in [3.8, 4) is 0 Å². The zero-order valence-corrected chi connectivity index (χ0v) is 8.27. The molecule has 0 radical (unpaired) electrons. The average molecular weight is 167 g/mol. The fourth-order valence-corrected chi connectivity index (χ4v) is 0.585. The molecule has 0 atom stereocenters. The van der Waals surface area contributed by atoms with Crippen LogP contribution in [0, 0.1) is 5.41 Å². The minimum Gasteiger partial charge on any atom is -0.330 e. The molecule has 0 saturated heterocycles. The van der Waals surface area contributed by atoms with Crippen LogP contribution in [0.4, 0.5) is 0 Å². The van der Waals surface area contributed by atoms with Crippen LogP contribution in [-0.2, 0) is 4.79 Å². The van der Waals surface area contributed by atoms with E-state index in [0.717, 1.165) is 5.70 Å². The van der Waals surface area contributed by atoms with Crippen LogP contribution in [0.25, 0.3) is 0 Å². The smallest absolute Gasteiger partial charge is 0.229 e. The van der Waals surface area contributed by atoms with Crippen LogP contribution in [0.1, 0.15) is 27.7 Å². The Morgan fingerprint density at radius 1 is 1.42 bits per heavy atom. The molecule has 0 saturated carbocycles. The van der Waals surface area contributed by atoms with E-state index in [1.807, 2.05) is 27.7 Å². The summed E-state index contributed by atoms with van der Waals surface area (Å²) in [7, 11) is 0. The predicted molar refractivity (Wildman–Crippen MR) is 51.6 cm³/mol. The van der Waals surface area contributed by atoms with Gasteiger partial charge in [-0.25, -0.2) is 0 Å². The Morgan fingerprint density at radius 2 is 1.92 bits per heavy atom. The van der Waals surface area contributed by atoms with Gasteiger partial charge in [-0.2, -0.15) is 0 Å². The topological polar surface area (TPSA) is 29.1 Å². The highest BCUT2D eigenvalue weighted by Gasteiger charge is 2.20. The van der Waals surface area contributed by atoms with Gasteiger partial charge >= 0.3 is 0 Å². The Kier molecular flexibility index (Phi) is 3.74. The Balaban J connectivity index is 4.20. The van der Waals surface area contributed by atoms with Gasteiger partial charge in [-0.3, -0.25) is 4.79 Å². The van der Waals surface area contributed by atoms with Crippen LogP contribution in [0.15, 0.2) is 24.4 Å². The molecule has 0 aliphatic heterocycles. The molecule has 0 aliphatic rings. The Morgan fingerprint density at radius 3 is 2.25 bits per heavy atom. The molecular formula is C10H17NO. The van der Waals surface area contributed by atoms with Gasteiger partial charge in [-0.15, -0.1) is 0 Å². The molecular weight excluding hydrogens is 150 g/mol. The Labute approximate surface area is 74.4 Å². The molecule has 68 valence electrons. The van der Waals surface area contributed by atoms with Crippen molar-refractivity contribution in [2.24, 2.45) is 5.41 Å². The predicted octanol–water partition coefficient (Wildman–Crippen LogP) is 2.24. The van der Waals surface area contributed by atoms with Crippen LogP contribution in [0.2, 0.25) is 0 Å². The summed E-state index contributed by atoms with van der Waals surface area (Å²) < 4.78 is 0. The van der Waals surface area contributed by atoms with Crippen molar-refractivity contribution in [2.75, 3.05) is 0 Å². The Hall–Kier alpha value is -1.05. The summed E-state index contributed by atoms with van der Waals surface area (Å²) in [5, 5.41) is 2.77. The standard InChI is InChI=1S/C10H17NO/c1-6-7-8(2)11-9(12)10(3,4)5/h6-7H,1H2,2-5H3,(H,11,12). The Bertz CT molecular complexity index is 208. The summed E-state index contributed by atoms with van der Waals surface area (Å²) in [5.41, 5.74) is 0.487. The van der Waals surface area contributed by atoms with Crippen molar-refractivity contribution in [3.63, 3.8) is 0 Å². The van der Waals surface area contributed by atoms with Gasteiger partial charge in [0, 0.05) is 11.1 Å². The molecule has 0 spiro atoms. The lowest BCUT2D eigenvalue weighted by molar-refractivity contribution is -0.127. The van der Waals surface area contributed by atoms with Crippen molar-refractivity contribution in [3.05, 3.63) is 24.4 Å². The fraction of sp³-hybridized carbons (Fsp3) is 0.500. The van der Waals surface area contributed by atoms with Gasteiger partial charge in [-0.1, -0.05) is 33.4 Å². The lowest BCUT2D eigenvalue weighted by Crippen LogP contribution is -2.33. The molecule has 1 N–H and O–H groups in total. The number of hydrogen-bond acceptors (Lipinski definition) is 1. The third kappa shape index (κ3) is 3.96. The molecule has 0 heterocycles. The average Bonchev–Trinajstić information content (AvgIpc) is 1.85. The van der Waals surface area contributed by atoms with Gasteiger partial charge in [0.15, 0.2) is 0 Å². The van der Waals surface area contributed by atoms with E-state index in [9.17, 15) is 4.79 Å². The first-order valence-electron chi connectivity index (χ1n) is 3.98. The zero-order chi connectivity index (χ0) is 9.78. The van der Waals surface area contributed by atoms with E-state index in [0.29, 0.717) is 0 Å². The number of carbonyl (C=O) groups excluding carboxylic acids is 1. The van der Waals surface area contributed by atoms with Gasteiger partial charge < -0.3 is 5.32 Å². The molecule has 12 heavy (non-hydrogen) atoms. The second-order valence-electron chi connectivity index (χ2n) is 3.79. The first-order valence-corrected chi connectivity index (χ1v) is 3.98. The maximum atomic E-state index is 11.4. The van der Waals surface area contributed by atoms with E-state index >= 15 is 0 Å². The number of carbonyl (C=O) groups is 1. The second kappa shape index (κ2) is 4.10. The highest BCUT2D eigenvalue weighted by molar-refractivity contribution is 5.82. The van der Waals surface area contributed by atoms with E-state index in [-0.39, 0.29) is 11.3 Å². The molecule has 0 aromatic carbocycles. The minimum absolute atomic E-state index is 0.0260. The van der Waals surface area contributed by atoms with Crippen LogP contribution >= 0.6 is 0 Å². The number of allylic oxidation sites excluding steroid dienone is 3. The molecule has 0 aromatic heterocycles. The summed E-state index contributed by atoms with van der Waals surface area (Å²) >= 11 is 0. The van der Waals surface area contributed by atoms with Gasteiger partial charge in [-0.05, 0) is 13.0 Å². The first-order chi connectivity index (χ1) is 5.38. The van der Waals surface area contributed by atoms with Gasteiger partial charge in [0.1, 0.15) is 0 Å². The van der Waals surface area contributed by atoms with Crippen molar-refractivity contribution in [1.29, 1.82) is 0 Å². The maximum absolute atomic E-state index is 11.4. The SMILES string of the molecule is C=CC=C(C)NC(=O)C(C)(C)C. The number of amides is 1. The molecule has 0 bridgehead atoms. The first kappa shape index (κ1) is 11.0. The largest absolute Gasteiger partial charge is 0.330 e. The van der Waals surface area contributed by atoms with E-state index in [1.165, 1.54) is 0 Å². The summed E-state index contributed by atoms with van der Waals surface area (Å²) in [6, 6.07) is 0. The summed E-state index contributed by atoms with van der Waals surface area (Å²) in [4.78, 5) is 11.4. The van der Waals surface area contributed by atoms with Crippen LogP contribution in [-0.4, -0.2) is 5.91 Å². The van der Waals surface area contributed by atoms with E-state index in [1.54, 1.807) is 12.2 Å². The van der Waals surface area contributed by atoms with Crippen LogP contribution in [0.3, 0.4) is 0 Å². The van der Waals surface area contributed by atoms with E-state index in [2.05, 4.69) is 11.9 Å². The fourth-order valence-electron chi connectivity index (χ4n) is 0.585. The maximum Gasteiger partial charge on any atom is 0.229 e. The van der Waals surface area contributed by atoms with Crippen molar-refractivity contribution < 1.29 is 4.79 Å². The minimum atomic E-state index is -0.337. The lowest BCUT2D eigenvalue weighted by atomic mass is 9.95. The van der Waals surface area contributed by atoms with Crippen LogP contribution < -0.4 is 5.32 Å². The molecule has 2 heteroatoms. The second-order valence-corrected chi connectivity index (χ2v) is 3.79. The molecule has 0 unspecified atom stereocenters. The van der Waals surface area contributed by atoms with Crippen LogP contribution in [0.5, 0.6) is 0 Å².